The van der Waals surface area contributed by atoms with Gasteiger partial charge in [0.25, 0.3) is 0 Å². The second-order valence-electron chi connectivity index (χ2n) is 3.28. The first-order chi connectivity index (χ1) is 6.25. The van der Waals surface area contributed by atoms with Gasteiger partial charge in [-0.3, -0.25) is 0 Å². The van der Waals surface area contributed by atoms with Gasteiger partial charge >= 0.3 is 6.19 Å². The molecule has 0 saturated heterocycles. The van der Waals surface area contributed by atoms with E-state index < -0.39 is 0 Å². The molecule has 3 nitrogen and oxygen atoms in total. The van der Waals surface area contributed by atoms with Gasteiger partial charge in [-0.1, -0.05) is 17.1 Å². The van der Waals surface area contributed by atoms with Crippen molar-refractivity contribution in [3.8, 4) is 6.19 Å². The Bertz CT molecular complexity index is 380. The molecule has 0 unspecified atom stereocenters. The third-order valence-corrected chi connectivity index (χ3v) is 1.98. The van der Waals surface area contributed by atoms with Crippen molar-refractivity contribution in [1.29, 1.82) is 0 Å². The van der Waals surface area contributed by atoms with Crippen molar-refractivity contribution in [2.75, 3.05) is 18.7 Å². The van der Waals surface area contributed by atoms with Crippen LogP contribution in [0.4, 0.5) is 5.69 Å². The van der Waals surface area contributed by atoms with Gasteiger partial charge in [0.15, 0.2) is 0 Å². The number of anilines is 1. The first-order valence-electron chi connectivity index (χ1n) is 4.27. The largest absolute Gasteiger partial charge is 1.00 e. The molecule has 1 aromatic rings. The quantitative estimate of drug-likeness (QED) is 0.482. The van der Waals surface area contributed by atoms with Crippen molar-refractivity contribution < 1.29 is 24.0 Å². The molecule has 0 aliphatic carbocycles. The second-order valence-corrected chi connectivity index (χ2v) is 3.28. The van der Waals surface area contributed by atoms with E-state index in [1.54, 1.807) is 0 Å². The Kier molecular flexibility index (Phi) is 3.58. The monoisotopic (exact) mass is 301 g/mol. The van der Waals surface area contributed by atoms with Crippen LogP contribution < -0.4 is 29.0 Å². The molecule has 4 heteroatoms. The second kappa shape index (κ2) is 4.51. The number of hydrogen-bond donors (Lipinski definition) is 0. The standard InChI is InChI=1S/C10H12N3.HI/c1-9-4-3-5-10(6-9)13-8-12(2)7-11-13;/h3-6H,8H2,1-2H3;1H/q+1;/p-1. The summed E-state index contributed by atoms with van der Waals surface area (Å²) in [6, 6.07) is 8.29. The van der Waals surface area contributed by atoms with Crippen molar-refractivity contribution >= 4 is 5.69 Å². The fraction of sp³-hybridized carbons (Fsp3) is 0.300. The summed E-state index contributed by atoms with van der Waals surface area (Å²) in [7, 11) is 1.96. The lowest BCUT2D eigenvalue weighted by Crippen LogP contribution is -3.00. The number of halogens is 1. The summed E-state index contributed by atoms with van der Waals surface area (Å²) in [5.74, 6) is 0. The highest BCUT2D eigenvalue weighted by atomic mass is 127. The SMILES string of the molecule is Cc1cccc(N2CN(C)C#[N+]2)c1.[I-]. The van der Waals surface area contributed by atoms with E-state index in [2.05, 4.69) is 36.3 Å². The molecule has 1 heterocycles. The molecular weight excluding hydrogens is 289 g/mol. The van der Waals surface area contributed by atoms with Crippen LogP contribution in [0.3, 0.4) is 0 Å². The third-order valence-electron chi connectivity index (χ3n) is 1.98. The molecule has 1 aliphatic heterocycles. The minimum Gasteiger partial charge on any atom is -1.00 e. The van der Waals surface area contributed by atoms with Crippen LogP contribution in [0.2, 0.25) is 0 Å². The van der Waals surface area contributed by atoms with E-state index in [4.69, 9.17) is 0 Å². The van der Waals surface area contributed by atoms with E-state index in [0.717, 1.165) is 12.4 Å². The Labute approximate surface area is 101 Å². The highest BCUT2D eigenvalue weighted by Gasteiger charge is 2.21. The first-order valence-corrected chi connectivity index (χ1v) is 4.27. The van der Waals surface area contributed by atoms with Gasteiger partial charge in [0.1, 0.15) is 0 Å². The minimum absolute atomic E-state index is 0. The highest BCUT2D eigenvalue weighted by molar-refractivity contribution is 5.50. The Balaban J connectivity index is 0.000000980. The van der Waals surface area contributed by atoms with Crippen LogP contribution in [0.15, 0.2) is 24.3 Å². The lowest BCUT2D eigenvalue weighted by Gasteiger charge is -2.06. The van der Waals surface area contributed by atoms with Crippen LogP contribution in [-0.4, -0.2) is 18.6 Å². The van der Waals surface area contributed by atoms with Crippen molar-refractivity contribution in [3.63, 3.8) is 0 Å². The fourth-order valence-electron chi connectivity index (χ4n) is 1.32. The highest BCUT2D eigenvalue weighted by Crippen LogP contribution is 2.18. The van der Waals surface area contributed by atoms with Gasteiger partial charge in [-0.2, -0.15) is 4.90 Å². The van der Waals surface area contributed by atoms with E-state index in [9.17, 15) is 0 Å². The Morgan fingerprint density at radius 1 is 1.43 bits per heavy atom. The van der Waals surface area contributed by atoms with Gasteiger partial charge in [-0.25, -0.2) is 0 Å². The number of nitrogens with zero attached hydrogens (tertiary/aromatic N) is 3. The molecule has 2 rings (SSSR count). The van der Waals surface area contributed by atoms with Crippen molar-refractivity contribution in [2.45, 2.75) is 6.92 Å². The molecule has 0 N–H and O–H groups in total. The lowest BCUT2D eigenvalue weighted by atomic mass is 10.2. The van der Waals surface area contributed by atoms with E-state index >= 15 is 0 Å². The normalized spacial score (nSPS) is 13.3. The summed E-state index contributed by atoms with van der Waals surface area (Å²) in [5.41, 5.74) is 2.37. The summed E-state index contributed by atoms with van der Waals surface area (Å²) < 4.78 is 0. The van der Waals surface area contributed by atoms with E-state index in [0.29, 0.717) is 0 Å². The Morgan fingerprint density at radius 2 is 2.21 bits per heavy atom. The van der Waals surface area contributed by atoms with Crippen LogP contribution in [0, 0.1) is 13.1 Å². The number of hydrogen-bond acceptors (Lipinski definition) is 2. The molecule has 0 aromatic heterocycles. The first kappa shape index (κ1) is 11.1. The molecule has 74 valence electrons. The van der Waals surface area contributed by atoms with Crippen LogP contribution in [-0.2, 0) is 0 Å². The number of aryl methyl sites for hydroxylation is 1. The van der Waals surface area contributed by atoms with Crippen molar-refractivity contribution in [1.82, 2.24) is 4.90 Å². The van der Waals surface area contributed by atoms with Crippen LogP contribution in [0.5, 0.6) is 0 Å². The fourth-order valence-corrected chi connectivity index (χ4v) is 1.32. The molecule has 0 bridgehead atoms. The Hall–Kier alpha value is -0.960. The maximum Gasteiger partial charge on any atom is 0.410 e. The zero-order valence-electron chi connectivity index (χ0n) is 8.24. The molecule has 0 radical (unpaired) electrons. The van der Waals surface area contributed by atoms with Crippen molar-refractivity contribution in [2.24, 2.45) is 0 Å². The summed E-state index contributed by atoms with van der Waals surface area (Å²) in [6.45, 7) is 2.86. The van der Waals surface area contributed by atoms with E-state index in [-0.39, 0.29) is 24.0 Å². The van der Waals surface area contributed by atoms with E-state index in [1.807, 2.05) is 23.0 Å². The Morgan fingerprint density at radius 3 is 2.79 bits per heavy atom. The molecule has 0 saturated carbocycles. The van der Waals surface area contributed by atoms with Gasteiger partial charge in [-0.05, 0) is 29.6 Å². The molecule has 1 aliphatic rings. The topological polar surface area (TPSA) is 10.8 Å². The minimum atomic E-state index is 0. The lowest BCUT2D eigenvalue weighted by molar-refractivity contribution is -0.00000272. The van der Waals surface area contributed by atoms with E-state index in [1.165, 1.54) is 5.56 Å². The van der Waals surface area contributed by atoms with Crippen LogP contribution in [0.1, 0.15) is 5.56 Å². The molecular formula is C10H12IN3. The molecule has 14 heavy (non-hydrogen) atoms. The molecule has 0 atom stereocenters. The summed E-state index contributed by atoms with van der Waals surface area (Å²) in [5, 5.41) is 1.92. The molecule has 0 amide bonds. The van der Waals surface area contributed by atoms with Gasteiger partial charge in [0, 0.05) is 0 Å². The molecule has 0 spiro atoms. The zero-order chi connectivity index (χ0) is 9.26. The van der Waals surface area contributed by atoms with Crippen molar-refractivity contribution in [3.05, 3.63) is 34.8 Å². The van der Waals surface area contributed by atoms with Gasteiger partial charge in [0.05, 0.1) is 12.7 Å². The molecule has 0 fully saturated rings. The smallest absolute Gasteiger partial charge is 0.410 e. The van der Waals surface area contributed by atoms with Gasteiger partial charge < -0.3 is 24.0 Å². The maximum absolute atomic E-state index is 4.14. The predicted octanol–water partition coefficient (Wildman–Crippen LogP) is -1.09. The van der Waals surface area contributed by atoms with Crippen LogP contribution in [0.25, 0.3) is 4.95 Å². The van der Waals surface area contributed by atoms with Gasteiger partial charge in [-0.15, -0.1) is 0 Å². The van der Waals surface area contributed by atoms with Gasteiger partial charge in [0.2, 0.25) is 6.67 Å². The summed E-state index contributed by atoms with van der Waals surface area (Å²) in [6.07, 6.45) is 2.87. The average molecular weight is 301 g/mol. The summed E-state index contributed by atoms with van der Waals surface area (Å²) in [4.78, 5) is 6.06. The average Bonchev–Trinajstić information content (AvgIpc) is 2.52. The predicted molar refractivity (Wildman–Crippen MR) is 53.5 cm³/mol. The number of benzene rings is 1. The zero-order valence-corrected chi connectivity index (χ0v) is 10.4. The van der Waals surface area contributed by atoms with Crippen LogP contribution >= 0.6 is 0 Å². The number of rotatable bonds is 1. The maximum atomic E-state index is 4.14. The third kappa shape index (κ3) is 2.29. The summed E-state index contributed by atoms with van der Waals surface area (Å²) >= 11 is 0. The molecule has 1 aromatic carbocycles.